The largest absolute Gasteiger partial charge is 0.456 e. The van der Waals surface area contributed by atoms with Crippen molar-refractivity contribution in [1.29, 1.82) is 0 Å². The highest BCUT2D eigenvalue weighted by molar-refractivity contribution is 6.24. The van der Waals surface area contributed by atoms with Crippen LogP contribution in [-0.2, 0) is 0 Å². The molecule has 3 nitrogen and oxygen atoms in total. The molecule has 0 spiro atoms. The van der Waals surface area contributed by atoms with E-state index in [-0.39, 0.29) is 5.78 Å². The topological polar surface area (TPSA) is 33.5 Å². The smallest absolute Gasteiger partial charge is 0.194 e. The van der Waals surface area contributed by atoms with Crippen molar-refractivity contribution in [3.63, 3.8) is 0 Å². The van der Waals surface area contributed by atoms with E-state index < -0.39 is 0 Å². The van der Waals surface area contributed by atoms with Crippen molar-refractivity contribution in [2.75, 3.05) is 4.90 Å². The quantitative estimate of drug-likeness (QED) is 0.193. The Kier molecular flexibility index (Phi) is 6.41. The predicted octanol–water partition coefficient (Wildman–Crippen LogP) is 12.2. The minimum absolute atomic E-state index is 0.0882. The van der Waals surface area contributed by atoms with Crippen LogP contribution in [0.1, 0.15) is 27.0 Å². The lowest BCUT2D eigenvalue weighted by Gasteiger charge is -2.27. The number of furan rings is 1. The molecule has 0 bridgehead atoms. The Hall–Kier alpha value is -6.19. The molecule has 48 heavy (non-hydrogen) atoms. The molecular weight excluding hydrogens is 587 g/mol. The number of carbonyl (C=O) groups is 1. The average molecular weight is 618 g/mol. The Bertz CT molecular complexity index is 2550. The Balaban J connectivity index is 1.17. The molecule has 1 heterocycles. The van der Waals surface area contributed by atoms with E-state index in [0.29, 0.717) is 0 Å². The third-order valence-electron chi connectivity index (χ3n) is 9.71. The minimum atomic E-state index is 0.0882. The predicted molar refractivity (Wildman–Crippen MR) is 198 cm³/mol. The normalized spacial score (nSPS) is 12.0. The van der Waals surface area contributed by atoms with Crippen LogP contribution in [0.15, 0.2) is 156 Å². The second-order valence-electron chi connectivity index (χ2n) is 12.6. The fraction of sp³-hybridized carbons (Fsp3) is 0.0444. The van der Waals surface area contributed by atoms with Gasteiger partial charge in [0, 0.05) is 45.0 Å². The highest BCUT2D eigenvalue weighted by atomic mass is 16.3. The van der Waals surface area contributed by atoms with E-state index in [9.17, 15) is 4.79 Å². The van der Waals surface area contributed by atoms with Crippen molar-refractivity contribution in [2.45, 2.75) is 13.8 Å². The van der Waals surface area contributed by atoms with Crippen LogP contribution >= 0.6 is 0 Å². The molecule has 3 heteroatoms. The fourth-order valence-electron chi connectivity index (χ4n) is 7.37. The van der Waals surface area contributed by atoms with Crippen LogP contribution in [0, 0.1) is 13.8 Å². The van der Waals surface area contributed by atoms with Gasteiger partial charge in [0.15, 0.2) is 5.78 Å². The van der Waals surface area contributed by atoms with Crippen molar-refractivity contribution in [3.05, 3.63) is 174 Å². The summed E-state index contributed by atoms with van der Waals surface area (Å²) in [5.74, 6) is 0.0882. The Morgan fingerprint density at radius 1 is 0.438 bits per heavy atom. The molecule has 8 aromatic rings. The van der Waals surface area contributed by atoms with E-state index in [2.05, 4.69) is 122 Å². The first-order chi connectivity index (χ1) is 23.5. The maximum Gasteiger partial charge on any atom is 0.194 e. The highest BCUT2D eigenvalue weighted by Gasteiger charge is 2.29. The zero-order valence-electron chi connectivity index (χ0n) is 26.7. The molecule has 9 rings (SSSR count). The summed E-state index contributed by atoms with van der Waals surface area (Å²) in [5.41, 5.74) is 15.2. The van der Waals surface area contributed by atoms with Crippen LogP contribution in [0.5, 0.6) is 0 Å². The van der Waals surface area contributed by atoms with Crippen molar-refractivity contribution >= 4 is 44.8 Å². The van der Waals surface area contributed by atoms with Gasteiger partial charge in [-0.25, -0.2) is 0 Å². The molecule has 0 saturated heterocycles. The molecule has 1 aromatic heterocycles. The Labute approximate surface area is 279 Å². The first-order valence-corrected chi connectivity index (χ1v) is 16.3. The molecule has 0 fully saturated rings. The van der Waals surface area contributed by atoms with Gasteiger partial charge in [0.2, 0.25) is 0 Å². The number of hydrogen-bond acceptors (Lipinski definition) is 3. The van der Waals surface area contributed by atoms with Crippen LogP contribution in [0.4, 0.5) is 17.1 Å². The standard InChI is InChI=1S/C45H31NO2/c1-28-10-3-4-11-34(28)35-24-22-32(26-29(35)2)46(33-23-25-39-38-13-7-8-17-42(38)48-43(39)27-33)31-20-18-30(19-21-31)36-15-9-16-40-37-12-5-6-14-41(37)45(47)44(36)40/h3-27H,1-2H3. The van der Waals surface area contributed by atoms with Crippen LogP contribution in [0.2, 0.25) is 0 Å². The third-order valence-corrected chi connectivity index (χ3v) is 9.71. The number of nitrogens with zero attached hydrogens (tertiary/aromatic N) is 1. The Morgan fingerprint density at radius 2 is 1.04 bits per heavy atom. The molecular formula is C45H31NO2. The van der Waals surface area contributed by atoms with E-state index in [0.717, 1.165) is 72.4 Å². The number of carbonyl (C=O) groups excluding carboxylic acids is 1. The van der Waals surface area contributed by atoms with E-state index in [4.69, 9.17) is 4.42 Å². The second-order valence-corrected chi connectivity index (χ2v) is 12.6. The summed E-state index contributed by atoms with van der Waals surface area (Å²) in [4.78, 5) is 15.8. The zero-order valence-corrected chi connectivity index (χ0v) is 26.7. The molecule has 0 N–H and O–H groups in total. The number of rotatable bonds is 5. The zero-order chi connectivity index (χ0) is 32.4. The van der Waals surface area contributed by atoms with Gasteiger partial charge in [0.25, 0.3) is 0 Å². The number of ketones is 1. The maximum atomic E-state index is 13.6. The van der Waals surface area contributed by atoms with Crippen molar-refractivity contribution in [2.24, 2.45) is 0 Å². The number of fused-ring (bicyclic) bond motifs is 6. The molecule has 0 unspecified atom stereocenters. The van der Waals surface area contributed by atoms with Gasteiger partial charge in [-0.05, 0) is 101 Å². The molecule has 1 aliphatic rings. The Morgan fingerprint density at radius 3 is 1.85 bits per heavy atom. The molecule has 0 radical (unpaired) electrons. The molecule has 0 saturated carbocycles. The van der Waals surface area contributed by atoms with Crippen LogP contribution in [-0.4, -0.2) is 5.78 Å². The van der Waals surface area contributed by atoms with Crippen LogP contribution in [0.3, 0.4) is 0 Å². The fourth-order valence-corrected chi connectivity index (χ4v) is 7.37. The minimum Gasteiger partial charge on any atom is -0.456 e. The molecule has 0 atom stereocenters. The van der Waals surface area contributed by atoms with Gasteiger partial charge in [-0.1, -0.05) is 103 Å². The number of benzene rings is 7. The number of hydrogen-bond donors (Lipinski definition) is 0. The average Bonchev–Trinajstić information content (AvgIpc) is 3.64. The van der Waals surface area contributed by atoms with Crippen molar-refractivity contribution in [3.8, 4) is 33.4 Å². The van der Waals surface area contributed by atoms with Gasteiger partial charge in [0.1, 0.15) is 11.2 Å². The summed E-state index contributed by atoms with van der Waals surface area (Å²) in [6.45, 7) is 4.34. The first kappa shape index (κ1) is 28.1. The number of aryl methyl sites for hydroxylation is 2. The van der Waals surface area contributed by atoms with Gasteiger partial charge in [-0.3, -0.25) is 4.79 Å². The molecule has 1 aliphatic carbocycles. The molecule has 228 valence electrons. The summed E-state index contributed by atoms with van der Waals surface area (Å²) in [6.07, 6.45) is 0. The van der Waals surface area contributed by atoms with E-state index in [1.165, 1.54) is 22.3 Å². The monoisotopic (exact) mass is 617 g/mol. The lowest BCUT2D eigenvalue weighted by Crippen LogP contribution is -2.10. The maximum absolute atomic E-state index is 13.6. The van der Waals surface area contributed by atoms with Gasteiger partial charge in [-0.2, -0.15) is 0 Å². The summed E-state index contributed by atoms with van der Waals surface area (Å²) >= 11 is 0. The molecule has 0 aliphatic heterocycles. The third kappa shape index (κ3) is 4.39. The highest BCUT2D eigenvalue weighted by Crippen LogP contribution is 2.44. The van der Waals surface area contributed by atoms with Crippen molar-refractivity contribution in [1.82, 2.24) is 0 Å². The lowest BCUT2D eigenvalue weighted by atomic mass is 9.94. The summed E-state index contributed by atoms with van der Waals surface area (Å²) in [7, 11) is 0. The number of anilines is 3. The van der Waals surface area contributed by atoms with E-state index in [1.807, 2.05) is 48.5 Å². The van der Waals surface area contributed by atoms with E-state index >= 15 is 0 Å². The summed E-state index contributed by atoms with van der Waals surface area (Å²) in [6, 6.07) is 52.4. The van der Waals surface area contributed by atoms with Crippen LogP contribution < -0.4 is 4.90 Å². The van der Waals surface area contributed by atoms with Gasteiger partial charge >= 0.3 is 0 Å². The summed E-state index contributed by atoms with van der Waals surface area (Å²) in [5, 5.41) is 2.21. The number of para-hydroxylation sites is 1. The van der Waals surface area contributed by atoms with Crippen LogP contribution in [0.25, 0.3) is 55.3 Å². The van der Waals surface area contributed by atoms with Gasteiger partial charge in [-0.15, -0.1) is 0 Å². The molecule has 7 aromatic carbocycles. The first-order valence-electron chi connectivity index (χ1n) is 16.3. The second kappa shape index (κ2) is 11.0. The molecule has 0 amide bonds. The SMILES string of the molecule is Cc1ccccc1-c1ccc(N(c2ccc(-c3cccc4c3C(=O)c3ccccc3-4)cc2)c2ccc3c(c2)oc2ccccc23)cc1C. The van der Waals surface area contributed by atoms with Gasteiger partial charge in [0.05, 0.1) is 0 Å². The van der Waals surface area contributed by atoms with E-state index in [1.54, 1.807) is 0 Å². The van der Waals surface area contributed by atoms with Gasteiger partial charge < -0.3 is 9.32 Å². The van der Waals surface area contributed by atoms with Crippen molar-refractivity contribution < 1.29 is 9.21 Å². The summed E-state index contributed by atoms with van der Waals surface area (Å²) < 4.78 is 6.33. The lowest BCUT2D eigenvalue weighted by molar-refractivity contribution is 0.104.